The molecule has 0 bridgehead atoms. The highest BCUT2D eigenvalue weighted by Gasteiger charge is 2.10. The lowest BCUT2D eigenvalue weighted by Gasteiger charge is -2.15. The molecule has 3 aromatic rings. The van der Waals surface area contributed by atoms with Crippen LogP contribution in [0.1, 0.15) is 34.6 Å². The molecule has 1 atom stereocenters. The van der Waals surface area contributed by atoms with Gasteiger partial charge in [0.2, 0.25) is 0 Å². The van der Waals surface area contributed by atoms with Crippen molar-refractivity contribution in [3.63, 3.8) is 0 Å². The average Bonchev–Trinajstić information content (AvgIpc) is 3.22. The molecule has 0 unspecified atom stereocenters. The molecule has 6 nitrogen and oxygen atoms in total. The lowest BCUT2D eigenvalue weighted by molar-refractivity contribution is 0.0996. The van der Waals surface area contributed by atoms with E-state index in [1.54, 1.807) is 30.3 Å². The summed E-state index contributed by atoms with van der Waals surface area (Å²) in [6.07, 6.45) is 1.45. The second-order valence-electron chi connectivity index (χ2n) is 6.23. The number of benzene rings is 2. The fourth-order valence-corrected chi connectivity index (χ4v) is 2.79. The Bertz CT molecular complexity index is 940. The van der Waals surface area contributed by atoms with Crippen molar-refractivity contribution in [2.75, 3.05) is 5.32 Å². The number of urea groups is 1. The molecule has 0 radical (unpaired) electrons. The Morgan fingerprint density at radius 3 is 2.54 bits per heavy atom. The van der Waals surface area contributed by atoms with Crippen molar-refractivity contribution in [3.8, 4) is 0 Å². The molecule has 3 rings (SSSR count). The van der Waals surface area contributed by atoms with Crippen molar-refractivity contribution in [2.45, 2.75) is 19.5 Å². The molecule has 1 heterocycles. The van der Waals surface area contributed by atoms with Gasteiger partial charge in [-0.3, -0.25) is 4.79 Å². The van der Waals surface area contributed by atoms with Crippen LogP contribution in [0.2, 0.25) is 5.02 Å². The molecule has 7 heteroatoms. The Morgan fingerprint density at radius 2 is 1.86 bits per heavy atom. The summed E-state index contributed by atoms with van der Waals surface area (Å²) >= 11 is 5.98. The first kappa shape index (κ1) is 19.5. The highest BCUT2D eigenvalue weighted by molar-refractivity contribution is 6.30. The second kappa shape index (κ2) is 9.10. The highest BCUT2D eigenvalue weighted by Crippen LogP contribution is 2.17. The number of carbonyl (C=O) groups excluding carboxylic acids is 2. The maximum Gasteiger partial charge on any atom is 0.315 e. The zero-order valence-corrected chi connectivity index (χ0v) is 16.0. The van der Waals surface area contributed by atoms with Crippen LogP contribution in [0.25, 0.3) is 0 Å². The number of amides is 3. The van der Waals surface area contributed by atoms with Crippen LogP contribution in [-0.2, 0) is 6.54 Å². The zero-order valence-electron chi connectivity index (χ0n) is 15.2. The summed E-state index contributed by atoms with van der Waals surface area (Å²) in [5, 5.41) is 9.05. The van der Waals surface area contributed by atoms with Gasteiger partial charge in [-0.2, -0.15) is 0 Å². The molecule has 2 aromatic carbocycles. The van der Waals surface area contributed by atoms with Crippen molar-refractivity contribution in [3.05, 3.63) is 88.8 Å². The minimum atomic E-state index is -0.315. The summed E-state index contributed by atoms with van der Waals surface area (Å²) in [6.45, 7) is 2.25. The highest BCUT2D eigenvalue weighted by atomic mass is 35.5. The SMILES string of the molecule is C[C@@H](NC(=O)NCc1ccc(NC(=O)c2ccco2)cc1)c1cccc(Cl)c1. The van der Waals surface area contributed by atoms with Gasteiger partial charge in [-0.05, 0) is 54.4 Å². The lowest BCUT2D eigenvalue weighted by atomic mass is 10.1. The number of anilines is 1. The minimum absolute atomic E-state index is 0.169. The van der Waals surface area contributed by atoms with Crippen LogP contribution in [-0.4, -0.2) is 11.9 Å². The van der Waals surface area contributed by atoms with E-state index in [4.69, 9.17) is 16.0 Å². The number of nitrogens with one attached hydrogen (secondary N) is 3. The van der Waals surface area contributed by atoms with Gasteiger partial charge in [0.15, 0.2) is 5.76 Å². The average molecular weight is 398 g/mol. The number of hydrogen-bond acceptors (Lipinski definition) is 3. The number of furan rings is 1. The van der Waals surface area contributed by atoms with E-state index in [-0.39, 0.29) is 23.7 Å². The number of rotatable bonds is 6. The lowest BCUT2D eigenvalue weighted by Crippen LogP contribution is -2.36. The van der Waals surface area contributed by atoms with Gasteiger partial charge >= 0.3 is 6.03 Å². The summed E-state index contributed by atoms with van der Waals surface area (Å²) in [5.41, 5.74) is 2.48. The third-order valence-electron chi connectivity index (χ3n) is 4.11. The molecule has 144 valence electrons. The van der Waals surface area contributed by atoms with E-state index in [0.717, 1.165) is 11.1 Å². The van der Waals surface area contributed by atoms with E-state index in [1.807, 2.05) is 37.3 Å². The molecule has 3 amide bonds. The van der Waals surface area contributed by atoms with E-state index < -0.39 is 0 Å². The Labute approximate surface area is 167 Å². The van der Waals surface area contributed by atoms with Crippen molar-refractivity contribution in [1.82, 2.24) is 10.6 Å². The van der Waals surface area contributed by atoms with Gasteiger partial charge in [-0.1, -0.05) is 35.9 Å². The molecule has 0 aliphatic heterocycles. The predicted octanol–water partition coefficient (Wildman–Crippen LogP) is 4.75. The molecular weight excluding hydrogens is 378 g/mol. The van der Waals surface area contributed by atoms with Gasteiger partial charge in [0.25, 0.3) is 5.91 Å². The van der Waals surface area contributed by atoms with Crippen LogP contribution >= 0.6 is 11.6 Å². The van der Waals surface area contributed by atoms with Gasteiger partial charge in [0.1, 0.15) is 0 Å². The quantitative estimate of drug-likeness (QED) is 0.561. The summed E-state index contributed by atoms with van der Waals surface area (Å²) in [4.78, 5) is 24.0. The summed E-state index contributed by atoms with van der Waals surface area (Å²) in [6, 6.07) is 17.4. The maximum atomic E-state index is 12.1. The van der Waals surface area contributed by atoms with Crippen molar-refractivity contribution in [1.29, 1.82) is 0 Å². The Hall–Kier alpha value is -3.25. The molecular formula is C21H20ClN3O3. The van der Waals surface area contributed by atoms with E-state index in [1.165, 1.54) is 6.26 Å². The number of halogens is 1. The molecule has 0 aliphatic carbocycles. The predicted molar refractivity (Wildman–Crippen MR) is 108 cm³/mol. The van der Waals surface area contributed by atoms with E-state index in [9.17, 15) is 9.59 Å². The van der Waals surface area contributed by atoms with E-state index in [0.29, 0.717) is 17.3 Å². The fraction of sp³-hybridized carbons (Fsp3) is 0.143. The number of hydrogen-bond donors (Lipinski definition) is 3. The van der Waals surface area contributed by atoms with Crippen LogP contribution in [0.4, 0.5) is 10.5 Å². The van der Waals surface area contributed by atoms with E-state index in [2.05, 4.69) is 16.0 Å². The van der Waals surface area contributed by atoms with Crippen LogP contribution < -0.4 is 16.0 Å². The van der Waals surface area contributed by atoms with Gasteiger partial charge in [-0.25, -0.2) is 4.79 Å². The summed E-state index contributed by atoms with van der Waals surface area (Å²) < 4.78 is 5.05. The monoisotopic (exact) mass is 397 g/mol. The molecule has 0 spiro atoms. The summed E-state index contributed by atoms with van der Waals surface area (Å²) in [5.74, 6) is -0.0681. The van der Waals surface area contributed by atoms with Gasteiger partial charge in [-0.15, -0.1) is 0 Å². The van der Waals surface area contributed by atoms with Gasteiger partial charge in [0, 0.05) is 17.3 Å². The van der Waals surface area contributed by atoms with Crippen LogP contribution in [0.5, 0.6) is 0 Å². The smallest absolute Gasteiger partial charge is 0.315 e. The number of carbonyl (C=O) groups is 2. The molecule has 3 N–H and O–H groups in total. The Kier molecular flexibility index (Phi) is 6.34. The molecule has 0 fully saturated rings. The van der Waals surface area contributed by atoms with Crippen molar-refractivity contribution in [2.24, 2.45) is 0 Å². The molecule has 1 aromatic heterocycles. The third kappa shape index (κ3) is 5.37. The first-order chi connectivity index (χ1) is 13.5. The maximum absolute atomic E-state index is 12.1. The molecule has 0 saturated carbocycles. The van der Waals surface area contributed by atoms with Crippen LogP contribution in [0, 0.1) is 0 Å². The molecule has 28 heavy (non-hydrogen) atoms. The summed E-state index contributed by atoms with van der Waals surface area (Å²) in [7, 11) is 0. The fourth-order valence-electron chi connectivity index (χ4n) is 2.60. The zero-order chi connectivity index (χ0) is 19.9. The molecule has 0 saturated heterocycles. The van der Waals surface area contributed by atoms with Crippen molar-refractivity contribution >= 4 is 29.2 Å². The Morgan fingerprint density at radius 1 is 1.07 bits per heavy atom. The third-order valence-corrected chi connectivity index (χ3v) is 4.34. The van der Waals surface area contributed by atoms with E-state index >= 15 is 0 Å². The van der Waals surface area contributed by atoms with Gasteiger partial charge in [0.05, 0.1) is 12.3 Å². The minimum Gasteiger partial charge on any atom is -0.459 e. The van der Waals surface area contributed by atoms with Crippen LogP contribution in [0.3, 0.4) is 0 Å². The standard InChI is InChI=1S/C21H20ClN3O3/c1-14(16-4-2-5-17(22)12-16)24-21(27)23-13-15-7-9-18(10-8-15)25-20(26)19-6-3-11-28-19/h2-12,14H,13H2,1H3,(H,25,26)(H2,23,24,27)/t14-/m1/s1. The largest absolute Gasteiger partial charge is 0.459 e. The topological polar surface area (TPSA) is 83.4 Å². The van der Waals surface area contributed by atoms with Crippen LogP contribution in [0.15, 0.2) is 71.3 Å². The molecule has 0 aliphatic rings. The van der Waals surface area contributed by atoms with Crippen molar-refractivity contribution < 1.29 is 14.0 Å². The normalized spacial score (nSPS) is 11.5. The second-order valence-corrected chi connectivity index (χ2v) is 6.67. The van der Waals surface area contributed by atoms with Gasteiger partial charge < -0.3 is 20.4 Å². The first-order valence-corrected chi connectivity index (χ1v) is 9.12. The first-order valence-electron chi connectivity index (χ1n) is 8.75. The Balaban J connectivity index is 1.47.